The van der Waals surface area contributed by atoms with Gasteiger partial charge in [0.15, 0.2) is 6.10 Å². The topological polar surface area (TPSA) is 66.8 Å². The Labute approximate surface area is 117 Å². The molecule has 0 saturated carbocycles. The van der Waals surface area contributed by atoms with Crippen molar-refractivity contribution in [1.29, 1.82) is 0 Å². The molecule has 1 aromatic rings. The number of hydrogen-bond acceptors (Lipinski definition) is 3. The van der Waals surface area contributed by atoms with E-state index in [0.29, 0.717) is 13.0 Å². The predicted molar refractivity (Wildman–Crippen MR) is 71.0 cm³/mol. The van der Waals surface area contributed by atoms with Crippen molar-refractivity contribution in [1.82, 2.24) is 4.90 Å². The molecule has 20 heavy (non-hydrogen) atoms. The zero-order valence-corrected chi connectivity index (χ0v) is 11.5. The smallest absolute Gasteiger partial charge is 0.303 e. The maximum absolute atomic E-state index is 13.0. The average Bonchev–Trinajstić information content (AvgIpc) is 2.37. The molecule has 0 aliphatic rings. The Bertz CT molecular complexity index is 478. The number of hydrogen-bond donors (Lipinski definition) is 1. The summed E-state index contributed by atoms with van der Waals surface area (Å²) in [6, 6.07) is 5.56. The van der Waals surface area contributed by atoms with Gasteiger partial charge in [-0.3, -0.25) is 9.59 Å². The summed E-state index contributed by atoms with van der Waals surface area (Å²) in [5.74, 6) is -1.32. The van der Waals surface area contributed by atoms with Crippen LogP contribution in [0.2, 0.25) is 0 Å². The highest BCUT2D eigenvalue weighted by Gasteiger charge is 2.19. The first kappa shape index (κ1) is 15.9. The second kappa shape index (κ2) is 7.47. The SMILES string of the molecule is CC(Oc1cccc(F)c1)C(=O)N(C)CCCC(=O)O. The maximum atomic E-state index is 13.0. The van der Waals surface area contributed by atoms with E-state index in [0.717, 1.165) is 0 Å². The van der Waals surface area contributed by atoms with Crippen LogP contribution in [-0.2, 0) is 9.59 Å². The van der Waals surface area contributed by atoms with E-state index in [-0.39, 0.29) is 18.1 Å². The van der Waals surface area contributed by atoms with Crippen molar-refractivity contribution < 1.29 is 23.8 Å². The second-order valence-electron chi connectivity index (χ2n) is 4.47. The number of carbonyl (C=O) groups is 2. The number of amides is 1. The van der Waals surface area contributed by atoms with Crippen LogP contribution < -0.4 is 4.74 Å². The van der Waals surface area contributed by atoms with Gasteiger partial charge in [-0.25, -0.2) is 4.39 Å². The molecule has 110 valence electrons. The summed E-state index contributed by atoms with van der Waals surface area (Å²) in [5, 5.41) is 8.53. The van der Waals surface area contributed by atoms with Gasteiger partial charge in [0.2, 0.25) is 0 Å². The first-order valence-corrected chi connectivity index (χ1v) is 6.29. The van der Waals surface area contributed by atoms with Crippen molar-refractivity contribution in [2.75, 3.05) is 13.6 Å². The van der Waals surface area contributed by atoms with Gasteiger partial charge in [-0.1, -0.05) is 6.07 Å². The summed E-state index contributed by atoms with van der Waals surface area (Å²) in [6.07, 6.45) is -0.368. The number of carboxylic acids is 1. The normalized spacial score (nSPS) is 11.8. The van der Waals surface area contributed by atoms with Gasteiger partial charge < -0.3 is 14.7 Å². The number of rotatable bonds is 7. The zero-order valence-electron chi connectivity index (χ0n) is 11.5. The molecule has 0 spiro atoms. The van der Waals surface area contributed by atoms with Crippen LogP contribution in [0.15, 0.2) is 24.3 Å². The van der Waals surface area contributed by atoms with Gasteiger partial charge in [0, 0.05) is 26.1 Å². The number of carbonyl (C=O) groups excluding carboxylic acids is 1. The lowest BCUT2D eigenvalue weighted by molar-refractivity contribution is -0.139. The molecule has 0 radical (unpaired) electrons. The Hall–Kier alpha value is -2.11. The molecule has 0 fully saturated rings. The highest BCUT2D eigenvalue weighted by atomic mass is 19.1. The summed E-state index contributed by atoms with van der Waals surface area (Å²) >= 11 is 0. The molecule has 0 heterocycles. The molecule has 0 bridgehead atoms. The molecule has 0 saturated heterocycles. The molecule has 1 rings (SSSR count). The van der Waals surface area contributed by atoms with Gasteiger partial charge in [0.05, 0.1) is 0 Å². The minimum atomic E-state index is -0.894. The fourth-order valence-corrected chi connectivity index (χ4v) is 1.68. The Morgan fingerprint density at radius 3 is 2.75 bits per heavy atom. The number of halogens is 1. The fourth-order valence-electron chi connectivity index (χ4n) is 1.68. The van der Waals surface area contributed by atoms with Crippen LogP contribution in [0.4, 0.5) is 4.39 Å². The maximum Gasteiger partial charge on any atom is 0.303 e. The van der Waals surface area contributed by atoms with Crippen LogP contribution in [0.5, 0.6) is 5.75 Å². The molecule has 1 atom stereocenters. The molecule has 1 unspecified atom stereocenters. The zero-order chi connectivity index (χ0) is 15.1. The lowest BCUT2D eigenvalue weighted by Gasteiger charge is -2.21. The van der Waals surface area contributed by atoms with Gasteiger partial charge in [-0.05, 0) is 25.5 Å². The van der Waals surface area contributed by atoms with Crippen LogP contribution in [-0.4, -0.2) is 41.6 Å². The van der Waals surface area contributed by atoms with E-state index in [2.05, 4.69) is 0 Å². The third kappa shape index (κ3) is 5.26. The predicted octanol–water partition coefficient (Wildman–Crippen LogP) is 1.92. The lowest BCUT2D eigenvalue weighted by Crippen LogP contribution is -2.38. The molecule has 0 aliphatic carbocycles. The third-order valence-corrected chi connectivity index (χ3v) is 2.72. The van der Waals surface area contributed by atoms with Crippen LogP contribution >= 0.6 is 0 Å². The van der Waals surface area contributed by atoms with E-state index < -0.39 is 17.9 Å². The van der Waals surface area contributed by atoms with Crippen LogP contribution in [0.1, 0.15) is 19.8 Å². The van der Waals surface area contributed by atoms with Crippen molar-refractivity contribution in [3.8, 4) is 5.75 Å². The van der Waals surface area contributed by atoms with Crippen LogP contribution in [0.25, 0.3) is 0 Å². The average molecular weight is 283 g/mol. The molecule has 6 heteroatoms. The van der Waals surface area contributed by atoms with Crippen LogP contribution in [0, 0.1) is 5.82 Å². The minimum absolute atomic E-state index is 0.0107. The largest absolute Gasteiger partial charge is 0.481 e. The van der Waals surface area contributed by atoms with E-state index in [1.54, 1.807) is 20.0 Å². The molecule has 1 amide bonds. The van der Waals surface area contributed by atoms with Gasteiger partial charge in [-0.15, -0.1) is 0 Å². The number of aliphatic carboxylic acids is 1. The highest BCUT2D eigenvalue weighted by molar-refractivity contribution is 5.80. The molecule has 1 N–H and O–H groups in total. The van der Waals surface area contributed by atoms with Crippen molar-refractivity contribution >= 4 is 11.9 Å². The van der Waals surface area contributed by atoms with E-state index in [1.165, 1.54) is 23.1 Å². The molecule has 0 aromatic heterocycles. The molecular weight excluding hydrogens is 265 g/mol. The standard InChI is InChI=1S/C14H18FNO4/c1-10(20-12-6-3-5-11(15)9-12)14(19)16(2)8-4-7-13(17)18/h3,5-6,9-10H,4,7-8H2,1-2H3,(H,17,18). The second-order valence-corrected chi connectivity index (χ2v) is 4.47. The quantitative estimate of drug-likeness (QED) is 0.830. The first-order valence-electron chi connectivity index (χ1n) is 6.29. The summed E-state index contributed by atoms with van der Waals surface area (Å²) in [7, 11) is 1.58. The Kier molecular flexibility index (Phi) is 5.96. The van der Waals surface area contributed by atoms with Crippen molar-refractivity contribution in [2.45, 2.75) is 25.9 Å². The first-order chi connectivity index (χ1) is 9.40. The fraction of sp³-hybridized carbons (Fsp3) is 0.429. The summed E-state index contributed by atoms with van der Waals surface area (Å²) in [5.41, 5.74) is 0. The third-order valence-electron chi connectivity index (χ3n) is 2.72. The van der Waals surface area contributed by atoms with E-state index >= 15 is 0 Å². The van der Waals surface area contributed by atoms with Crippen LogP contribution in [0.3, 0.4) is 0 Å². The van der Waals surface area contributed by atoms with Crippen molar-refractivity contribution in [3.63, 3.8) is 0 Å². The van der Waals surface area contributed by atoms with E-state index in [1.807, 2.05) is 0 Å². The molecule has 0 aliphatic heterocycles. The monoisotopic (exact) mass is 283 g/mol. The van der Waals surface area contributed by atoms with Crippen molar-refractivity contribution in [3.05, 3.63) is 30.1 Å². The van der Waals surface area contributed by atoms with Gasteiger partial charge in [0.1, 0.15) is 11.6 Å². The molecule has 1 aromatic carbocycles. The van der Waals surface area contributed by atoms with Gasteiger partial charge >= 0.3 is 5.97 Å². The molecule has 5 nitrogen and oxygen atoms in total. The summed E-state index contributed by atoms with van der Waals surface area (Å²) in [6.45, 7) is 1.91. The molecular formula is C14H18FNO4. The van der Waals surface area contributed by atoms with E-state index in [9.17, 15) is 14.0 Å². The number of likely N-dealkylation sites (N-methyl/N-ethyl adjacent to an activating group) is 1. The van der Waals surface area contributed by atoms with Gasteiger partial charge in [0.25, 0.3) is 5.91 Å². The minimum Gasteiger partial charge on any atom is -0.481 e. The van der Waals surface area contributed by atoms with Crippen molar-refractivity contribution in [2.24, 2.45) is 0 Å². The highest BCUT2D eigenvalue weighted by Crippen LogP contribution is 2.14. The lowest BCUT2D eigenvalue weighted by atomic mass is 10.2. The number of benzene rings is 1. The number of ether oxygens (including phenoxy) is 1. The van der Waals surface area contributed by atoms with Gasteiger partial charge in [-0.2, -0.15) is 0 Å². The number of nitrogens with zero attached hydrogens (tertiary/aromatic N) is 1. The Balaban J connectivity index is 2.47. The Morgan fingerprint density at radius 1 is 1.45 bits per heavy atom. The summed E-state index contributed by atoms with van der Waals surface area (Å²) in [4.78, 5) is 23.8. The number of carboxylic acid groups (broad SMARTS) is 1. The Morgan fingerprint density at radius 2 is 2.15 bits per heavy atom. The summed E-state index contributed by atoms with van der Waals surface area (Å²) < 4.78 is 18.3. The van der Waals surface area contributed by atoms with E-state index in [4.69, 9.17) is 9.84 Å².